The van der Waals surface area contributed by atoms with Crippen molar-refractivity contribution >= 4 is 0 Å². The molecule has 0 bridgehead atoms. The molecule has 0 amide bonds. The van der Waals surface area contributed by atoms with Gasteiger partial charge in [-0.1, -0.05) is 25.7 Å². The van der Waals surface area contributed by atoms with Gasteiger partial charge >= 0.3 is 0 Å². The lowest BCUT2D eigenvalue weighted by Crippen LogP contribution is -2.50. The Bertz CT molecular complexity index is 149. The van der Waals surface area contributed by atoms with Gasteiger partial charge in [0.05, 0.1) is 5.54 Å². The Morgan fingerprint density at radius 2 is 1.62 bits per heavy atom. The topological polar surface area (TPSA) is 26.0 Å². The van der Waals surface area contributed by atoms with Crippen LogP contribution < -0.4 is 5.73 Å². The van der Waals surface area contributed by atoms with Crippen LogP contribution in [0.4, 0.5) is 8.78 Å². The molecule has 1 atom stereocenters. The summed E-state index contributed by atoms with van der Waals surface area (Å²) in [6, 6.07) is 0. The van der Waals surface area contributed by atoms with Gasteiger partial charge in [-0.3, -0.25) is 0 Å². The number of nitrogens with two attached hydrogens (primary N) is 1. The van der Waals surface area contributed by atoms with E-state index in [1.165, 1.54) is 19.8 Å². The highest BCUT2D eigenvalue weighted by Crippen LogP contribution is 2.33. The number of halogens is 2. The maximum absolute atomic E-state index is 12.6. The van der Waals surface area contributed by atoms with Crippen molar-refractivity contribution in [1.82, 2.24) is 0 Å². The van der Waals surface area contributed by atoms with Crippen LogP contribution in [0.2, 0.25) is 0 Å². The average molecular weight is 191 g/mol. The maximum Gasteiger partial charge on any atom is 0.256 e. The summed E-state index contributed by atoms with van der Waals surface area (Å²) in [6.45, 7) is 1.49. The van der Waals surface area contributed by atoms with Crippen LogP contribution in [0.1, 0.15) is 45.4 Å². The third kappa shape index (κ3) is 2.63. The Morgan fingerprint density at radius 1 is 1.15 bits per heavy atom. The average Bonchev–Trinajstić information content (AvgIpc) is 2.31. The molecule has 0 aromatic heterocycles. The van der Waals surface area contributed by atoms with Gasteiger partial charge in [-0.15, -0.1) is 0 Å². The molecule has 1 aliphatic carbocycles. The second kappa shape index (κ2) is 4.36. The molecule has 0 aromatic carbocycles. The predicted octanol–water partition coefficient (Wildman–Crippen LogP) is 2.94. The molecule has 0 heterocycles. The van der Waals surface area contributed by atoms with Crippen LogP contribution in [-0.4, -0.2) is 12.0 Å². The van der Waals surface area contributed by atoms with Crippen molar-refractivity contribution in [3.8, 4) is 0 Å². The van der Waals surface area contributed by atoms with Crippen LogP contribution in [0.25, 0.3) is 0 Å². The molecule has 2 N–H and O–H groups in total. The largest absolute Gasteiger partial charge is 0.320 e. The zero-order chi connectivity index (χ0) is 9.90. The van der Waals surface area contributed by atoms with E-state index in [1.54, 1.807) is 0 Å². The van der Waals surface area contributed by atoms with Crippen LogP contribution in [0.5, 0.6) is 0 Å². The van der Waals surface area contributed by atoms with Crippen molar-refractivity contribution in [1.29, 1.82) is 0 Å². The first-order valence-corrected chi connectivity index (χ1v) is 5.12. The normalized spacial score (nSPS) is 25.6. The molecule has 0 aromatic rings. The highest BCUT2D eigenvalue weighted by Gasteiger charge is 2.38. The van der Waals surface area contributed by atoms with E-state index in [-0.39, 0.29) is 5.92 Å². The maximum atomic E-state index is 12.6. The van der Waals surface area contributed by atoms with Gasteiger partial charge in [0.25, 0.3) is 6.43 Å². The lowest BCUT2D eigenvalue weighted by molar-refractivity contribution is 0.0239. The van der Waals surface area contributed by atoms with Gasteiger partial charge in [-0.2, -0.15) is 0 Å². The molecular formula is C10H19F2N. The van der Waals surface area contributed by atoms with E-state index in [2.05, 4.69) is 0 Å². The van der Waals surface area contributed by atoms with Crippen LogP contribution >= 0.6 is 0 Å². The molecule has 13 heavy (non-hydrogen) atoms. The summed E-state index contributed by atoms with van der Waals surface area (Å²) >= 11 is 0. The number of rotatable bonds is 2. The number of alkyl halides is 2. The van der Waals surface area contributed by atoms with E-state index in [0.717, 1.165) is 25.7 Å². The van der Waals surface area contributed by atoms with Crippen molar-refractivity contribution in [3.63, 3.8) is 0 Å². The van der Waals surface area contributed by atoms with Gasteiger partial charge in [-0.25, -0.2) is 8.78 Å². The van der Waals surface area contributed by atoms with E-state index in [9.17, 15) is 8.78 Å². The molecule has 3 heteroatoms. The van der Waals surface area contributed by atoms with Crippen LogP contribution in [0.3, 0.4) is 0 Å². The zero-order valence-electron chi connectivity index (χ0n) is 8.23. The summed E-state index contributed by atoms with van der Waals surface area (Å²) < 4.78 is 25.2. The molecule has 1 unspecified atom stereocenters. The third-order valence-electron chi connectivity index (χ3n) is 3.21. The Labute approximate surface area is 78.7 Å². The smallest absolute Gasteiger partial charge is 0.256 e. The molecule has 1 fully saturated rings. The zero-order valence-corrected chi connectivity index (χ0v) is 8.23. The van der Waals surface area contributed by atoms with Gasteiger partial charge in [0.15, 0.2) is 0 Å². The first-order valence-electron chi connectivity index (χ1n) is 5.12. The lowest BCUT2D eigenvalue weighted by Gasteiger charge is -2.32. The highest BCUT2D eigenvalue weighted by molar-refractivity contribution is 4.90. The Morgan fingerprint density at radius 3 is 2.00 bits per heavy atom. The first-order chi connectivity index (χ1) is 6.05. The molecular weight excluding hydrogens is 172 g/mol. The van der Waals surface area contributed by atoms with E-state index < -0.39 is 12.0 Å². The van der Waals surface area contributed by atoms with Gasteiger partial charge in [0.2, 0.25) is 0 Å². The van der Waals surface area contributed by atoms with Crippen LogP contribution in [-0.2, 0) is 0 Å². The van der Waals surface area contributed by atoms with Crippen LogP contribution in [0, 0.1) is 5.92 Å². The van der Waals surface area contributed by atoms with E-state index >= 15 is 0 Å². The number of hydrogen-bond acceptors (Lipinski definition) is 1. The standard InChI is InChI=1S/C10H19F2N/c1-10(13,9(11)12)8-6-4-2-3-5-7-8/h8-9H,2-7,13H2,1H3. The molecule has 1 saturated carbocycles. The summed E-state index contributed by atoms with van der Waals surface area (Å²) in [4.78, 5) is 0. The SMILES string of the molecule is CC(N)(C(F)F)C1CCCCCC1. The molecule has 0 aliphatic heterocycles. The summed E-state index contributed by atoms with van der Waals surface area (Å²) in [5.41, 5.74) is 4.38. The summed E-state index contributed by atoms with van der Waals surface area (Å²) in [6.07, 6.45) is 3.82. The number of hydrogen-bond donors (Lipinski definition) is 1. The molecule has 1 aliphatic rings. The molecule has 1 nitrogen and oxygen atoms in total. The van der Waals surface area contributed by atoms with Crippen molar-refractivity contribution in [2.45, 2.75) is 57.4 Å². The third-order valence-corrected chi connectivity index (χ3v) is 3.21. The molecule has 0 spiro atoms. The molecule has 0 saturated heterocycles. The highest BCUT2D eigenvalue weighted by atomic mass is 19.3. The summed E-state index contributed by atoms with van der Waals surface area (Å²) in [7, 11) is 0. The van der Waals surface area contributed by atoms with Crippen molar-refractivity contribution in [2.24, 2.45) is 11.7 Å². The monoisotopic (exact) mass is 191 g/mol. The second-order valence-electron chi connectivity index (χ2n) is 4.36. The van der Waals surface area contributed by atoms with Gasteiger partial charge in [-0.05, 0) is 25.7 Å². The van der Waals surface area contributed by atoms with Crippen LogP contribution in [0.15, 0.2) is 0 Å². The van der Waals surface area contributed by atoms with E-state index in [0.29, 0.717) is 0 Å². The predicted molar refractivity (Wildman–Crippen MR) is 49.8 cm³/mol. The quantitative estimate of drug-likeness (QED) is 0.667. The first kappa shape index (κ1) is 10.9. The molecule has 78 valence electrons. The molecule has 0 radical (unpaired) electrons. The fourth-order valence-electron chi connectivity index (χ4n) is 2.08. The van der Waals surface area contributed by atoms with E-state index in [4.69, 9.17) is 5.73 Å². The van der Waals surface area contributed by atoms with Gasteiger partial charge < -0.3 is 5.73 Å². The lowest BCUT2D eigenvalue weighted by atomic mass is 9.81. The minimum absolute atomic E-state index is 0.00926. The van der Waals surface area contributed by atoms with Crippen molar-refractivity contribution in [3.05, 3.63) is 0 Å². The van der Waals surface area contributed by atoms with Crippen molar-refractivity contribution < 1.29 is 8.78 Å². The van der Waals surface area contributed by atoms with Gasteiger partial charge in [0, 0.05) is 0 Å². The summed E-state index contributed by atoms with van der Waals surface area (Å²) in [5.74, 6) is 0.00926. The Hall–Kier alpha value is -0.180. The molecule has 1 rings (SSSR count). The minimum Gasteiger partial charge on any atom is -0.320 e. The van der Waals surface area contributed by atoms with Crippen molar-refractivity contribution in [2.75, 3.05) is 0 Å². The Kier molecular flexibility index (Phi) is 3.65. The Balaban J connectivity index is 2.57. The summed E-state index contributed by atoms with van der Waals surface area (Å²) in [5, 5.41) is 0. The fourth-order valence-corrected chi connectivity index (χ4v) is 2.08. The van der Waals surface area contributed by atoms with Gasteiger partial charge in [0.1, 0.15) is 0 Å². The minimum atomic E-state index is -2.39. The van der Waals surface area contributed by atoms with E-state index in [1.807, 2.05) is 0 Å². The second-order valence-corrected chi connectivity index (χ2v) is 4.36. The fraction of sp³-hybridized carbons (Fsp3) is 1.00.